The smallest absolute Gasteiger partial charge is 0.280 e. The number of carbonyl (C=O) groups is 1. The predicted octanol–water partition coefficient (Wildman–Crippen LogP) is 3.90. The van der Waals surface area contributed by atoms with Crippen molar-refractivity contribution in [3.8, 4) is 5.75 Å². The molecule has 1 aliphatic rings. The summed E-state index contributed by atoms with van der Waals surface area (Å²) < 4.78 is 38.6. The van der Waals surface area contributed by atoms with Gasteiger partial charge in [0.05, 0.1) is 17.9 Å². The number of carbonyl (C=O) groups excluding carboxylic acids is 1. The molecular weight excluding hydrogens is 394 g/mol. The Morgan fingerprint density at radius 2 is 2.23 bits per heavy atom. The summed E-state index contributed by atoms with van der Waals surface area (Å²) >= 11 is 0. The number of alkyl halides is 2. The van der Waals surface area contributed by atoms with Gasteiger partial charge in [0.2, 0.25) is 0 Å². The molecule has 1 N–H and O–H groups in total. The third kappa shape index (κ3) is 4.40. The van der Waals surface area contributed by atoms with E-state index in [4.69, 9.17) is 9.47 Å². The van der Waals surface area contributed by atoms with Crippen LogP contribution in [0.3, 0.4) is 0 Å². The standard InChI is InChI=1S/C21H22F2N4O3/c1-2-30-17-9-19-24-14(8-13-6-7-29-12-13)10-27(19)11-15(17)21(28)26-18-5-3-4-16(25-18)20(22)23/h3-5,9-11,13,20H,2,6-8,12H2,1H3,(H,25,26,28). The zero-order chi connectivity index (χ0) is 21.1. The zero-order valence-corrected chi connectivity index (χ0v) is 16.5. The minimum atomic E-state index is -2.72. The maximum atomic E-state index is 12.9. The van der Waals surface area contributed by atoms with Crippen molar-refractivity contribution in [3.05, 3.63) is 53.6 Å². The van der Waals surface area contributed by atoms with Gasteiger partial charge in [-0.1, -0.05) is 6.07 Å². The first-order valence-electron chi connectivity index (χ1n) is 9.82. The topological polar surface area (TPSA) is 77.8 Å². The van der Waals surface area contributed by atoms with Gasteiger partial charge < -0.3 is 19.2 Å². The van der Waals surface area contributed by atoms with Crippen molar-refractivity contribution in [1.82, 2.24) is 14.4 Å². The summed E-state index contributed by atoms with van der Waals surface area (Å²) in [6.45, 7) is 3.69. The van der Waals surface area contributed by atoms with Gasteiger partial charge >= 0.3 is 0 Å². The maximum Gasteiger partial charge on any atom is 0.280 e. The SMILES string of the molecule is CCOc1cc2nc(CC3CCOC3)cn2cc1C(=O)Nc1cccc(C(F)F)n1. The van der Waals surface area contributed by atoms with Crippen LogP contribution in [-0.2, 0) is 11.2 Å². The summed E-state index contributed by atoms with van der Waals surface area (Å²) in [7, 11) is 0. The lowest BCUT2D eigenvalue weighted by atomic mass is 10.0. The van der Waals surface area contributed by atoms with Crippen molar-refractivity contribution >= 4 is 17.4 Å². The van der Waals surface area contributed by atoms with E-state index >= 15 is 0 Å². The first kappa shape index (κ1) is 20.2. The molecule has 1 fully saturated rings. The molecular formula is C21H22F2N4O3. The molecule has 0 bridgehead atoms. The van der Waals surface area contributed by atoms with Crippen LogP contribution in [0.25, 0.3) is 5.65 Å². The van der Waals surface area contributed by atoms with E-state index in [1.54, 1.807) is 16.7 Å². The molecule has 3 aromatic rings. The number of halogens is 2. The normalized spacial score (nSPS) is 16.3. The minimum Gasteiger partial charge on any atom is -0.493 e. The molecule has 1 unspecified atom stereocenters. The molecule has 9 heteroatoms. The fraction of sp³-hybridized carbons (Fsp3) is 0.381. The lowest BCUT2D eigenvalue weighted by molar-refractivity contribution is 0.102. The number of imidazole rings is 1. The molecule has 1 amide bonds. The molecule has 4 heterocycles. The highest BCUT2D eigenvalue weighted by Gasteiger charge is 2.20. The van der Waals surface area contributed by atoms with E-state index in [9.17, 15) is 13.6 Å². The van der Waals surface area contributed by atoms with Gasteiger partial charge in [0.25, 0.3) is 12.3 Å². The summed E-state index contributed by atoms with van der Waals surface area (Å²) in [6, 6.07) is 5.80. The molecule has 0 radical (unpaired) electrons. The molecule has 158 valence electrons. The number of ether oxygens (including phenoxy) is 2. The molecule has 7 nitrogen and oxygen atoms in total. The van der Waals surface area contributed by atoms with Crippen molar-refractivity contribution in [1.29, 1.82) is 0 Å². The van der Waals surface area contributed by atoms with E-state index < -0.39 is 18.0 Å². The van der Waals surface area contributed by atoms with Crippen LogP contribution in [-0.4, -0.2) is 40.1 Å². The lowest BCUT2D eigenvalue weighted by Gasteiger charge is -2.11. The van der Waals surface area contributed by atoms with E-state index in [0.29, 0.717) is 23.9 Å². The molecule has 0 saturated carbocycles. The van der Waals surface area contributed by atoms with Gasteiger partial charge in [0.1, 0.15) is 22.9 Å². The van der Waals surface area contributed by atoms with E-state index in [1.807, 2.05) is 13.1 Å². The average Bonchev–Trinajstić information content (AvgIpc) is 3.37. The van der Waals surface area contributed by atoms with Crippen LogP contribution in [0.5, 0.6) is 5.75 Å². The lowest BCUT2D eigenvalue weighted by Crippen LogP contribution is -2.16. The van der Waals surface area contributed by atoms with Crippen LogP contribution in [0.1, 0.15) is 41.5 Å². The van der Waals surface area contributed by atoms with Crippen molar-refractivity contribution in [3.63, 3.8) is 0 Å². The van der Waals surface area contributed by atoms with Gasteiger partial charge in [-0.2, -0.15) is 0 Å². The first-order chi connectivity index (χ1) is 14.5. The monoisotopic (exact) mass is 416 g/mol. The van der Waals surface area contributed by atoms with Gasteiger partial charge in [-0.3, -0.25) is 4.79 Å². The van der Waals surface area contributed by atoms with Gasteiger partial charge in [-0.15, -0.1) is 0 Å². The largest absolute Gasteiger partial charge is 0.493 e. The highest BCUT2D eigenvalue weighted by Crippen LogP contribution is 2.25. The van der Waals surface area contributed by atoms with Crippen molar-refractivity contribution < 1.29 is 23.0 Å². The third-order valence-corrected chi connectivity index (χ3v) is 4.91. The molecule has 3 aromatic heterocycles. The van der Waals surface area contributed by atoms with Crippen LogP contribution < -0.4 is 10.1 Å². The second kappa shape index (κ2) is 8.74. The number of pyridine rings is 2. The number of rotatable bonds is 7. The Morgan fingerprint density at radius 1 is 1.37 bits per heavy atom. The van der Waals surface area contributed by atoms with Crippen LogP contribution >= 0.6 is 0 Å². The number of nitrogens with zero attached hydrogens (tertiary/aromatic N) is 3. The fourth-order valence-electron chi connectivity index (χ4n) is 3.48. The second-order valence-electron chi connectivity index (χ2n) is 7.12. The van der Waals surface area contributed by atoms with Crippen molar-refractivity contribution in [2.75, 3.05) is 25.1 Å². The molecule has 0 aromatic carbocycles. The first-order valence-corrected chi connectivity index (χ1v) is 9.82. The predicted molar refractivity (Wildman–Crippen MR) is 106 cm³/mol. The number of anilines is 1. The highest BCUT2D eigenvalue weighted by molar-refractivity contribution is 6.05. The van der Waals surface area contributed by atoms with E-state index in [0.717, 1.165) is 31.7 Å². The van der Waals surface area contributed by atoms with Gasteiger partial charge in [-0.25, -0.2) is 18.7 Å². The van der Waals surface area contributed by atoms with E-state index in [1.165, 1.54) is 18.2 Å². The van der Waals surface area contributed by atoms with Crippen LogP contribution in [0.4, 0.5) is 14.6 Å². The fourth-order valence-corrected chi connectivity index (χ4v) is 3.48. The van der Waals surface area contributed by atoms with Gasteiger partial charge in [-0.05, 0) is 37.8 Å². The van der Waals surface area contributed by atoms with E-state index in [-0.39, 0.29) is 11.4 Å². The van der Waals surface area contributed by atoms with Crippen molar-refractivity contribution in [2.45, 2.75) is 26.2 Å². The highest BCUT2D eigenvalue weighted by atomic mass is 19.3. The Morgan fingerprint density at radius 3 is 2.97 bits per heavy atom. The van der Waals surface area contributed by atoms with Gasteiger partial charge in [0, 0.05) is 31.7 Å². The van der Waals surface area contributed by atoms with Gasteiger partial charge in [0.15, 0.2) is 0 Å². The number of hydrogen-bond acceptors (Lipinski definition) is 5. The maximum absolute atomic E-state index is 12.9. The second-order valence-corrected chi connectivity index (χ2v) is 7.12. The zero-order valence-electron chi connectivity index (χ0n) is 16.5. The average molecular weight is 416 g/mol. The third-order valence-electron chi connectivity index (χ3n) is 4.91. The van der Waals surface area contributed by atoms with Crippen LogP contribution in [0, 0.1) is 5.92 Å². The Hall–Kier alpha value is -3.07. The number of nitrogens with one attached hydrogen (secondary N) is 1. The molecule has 1 atom stereocenters. The summed E-state index contributed by atoms with van der Waals surface area (Å²) in [6.07, 6.45) is 2.62. The molecule has 0 spiro atoms. The van der Waals surface area contributed by atoms with E-state index in [2.05, 4.69) is 15.3 Å². The molecule has 30 heavy (non-hydrogen) atoms. The molecule has 4 rings (SSSR count). The Bertz CT molecular complexity index is 1050. The molecule has 1 aliphatic heterocycles. The summed E-state index contributed by atoms with van der Waals surface area (Å²) in [4.78, 5) is 21.3. The molecule has 0 aliphatic carbocycles. The Kier molecular flexibility index (Phi) is 5.89. The number of aromatic nitrogens is 3. The number of hydrogen-bond donors (Lipinski definition) is 1. The Balaban J connectivity index is 1.61. The summed E-state index contributed by atoms with van der Waals surface area (Å²) in [5.74, 6) is 0.359. The summed E-state index contributed by atoms with van der Waals surface area (Å²) in [5, 5.41) is 2.57. The van der Waals surface area contributed by atoms with Crippen LogP contribution in [0.15, 0.2) is 36.7 Å². The number of fused-ring (bicyclic) bond motifs is 1. The Labute approximate surface area is 172 Å². The number of amides is 1. The van der Waals surface area contributed by atoms with Crippen molar-refractivity contribution in [2.24, 2.45) is 5.92 Å². The molecule has 1 saturated heterocycles. The minimum absolute atomic E-state index is 0.0490. The van der Waals surface area contributed by atoms with Crippen LogP contribution in [0.2, 0.25) is 0 Å². The summed E-state index contributed by atoms with van der Waals surface area (Å²) in [5.41, 5.74) is 1.45. The quantitative estimate of drug-likeness (QED) is 0.632.